The Morgan fingerprint density at radius 2 is 1.93 bits per heavy atom. The molecule has 0 bridgehead atoms. The van der Waals surface area contributed by atoms with Crippen molar-refractivity contribution in [2.75, 3.05) is 13.1 Å². The number of nitrogens with one attached hydrogen (secondary N) is 2. The number of benzene rings is 1. The minimum atomic E-state index is 0.131. The maximum atomic E-state index is 5.96. The number of ether oxygens (including phenoxy) is 1. The van der Waals surface area contributed by atoms with Crippen molar-refractivity contribution in [3.05, 3.63) is 46.3 Å². The topological polar surface area (TPSA) is 71.7 Å². The molecule has 1 aromatic heterocycles. The van der Waals surface area contributed by atoms with E-state index in [9.17, 15) is 0 Å². The number of hydrogen-bond donors (Lipinski definition) is 2. The van der Waals surface area contributed by atoms with E-state index in [1.165, 1.54) is 5.56 Å². The van der Waals surface area contributed by atoms with Crippen LogP contribution < -0.4 is 15.4 Å². The van der Waals surface area contributed by atoms with Gasteiger partial charge in [0, 0.05) is 30.1 Å². The Kier molecular flexibility index (Phi) is 7.91. The third-order valence-electron chi connectivity index (χ3n) is 4.49. The third-order valence-corrected chi connectivity index (χ3v) is 4.49. The molecule has 1 unspecified atom stereocenters. The first-order valence-electron chi connectivity index (χ1n) is 10.0. The van der Waals surface area contributed by atoms with Crippen LogP contribution in [0, 0.1) is 20.8 Å². The van der Waals surface area contributed by atoms with Gasteiger partial charge in [-0.2, -0.15) is 0 Å². The Labute approximate surface area is 168 Å². The summed E-state index contributed by atoms with van der Waals surface area (Å²) in [7, 11) is 0. The van der Waals surface area contributed by atoms with Crippen LogP contribution in [-0.2, 0) is 6.54 Å². The Hall–Kier alpha value is -2.50. The molecule has 0 spiro atoms. The smallest absolute Gasteiger partial charge is 0.191 e. The van der Waals surface area contributed by atoms with E-state index >= 15 is 0 Å². The molecule has 0 fully saturated rings. The van der Waals surface area contributed by atoms with Gasteiger partial charge < -0.3 is 19.9 Å². The molecule has 0 aliphatic heterocycles. The second-order valence-corrected chi connectivity index (χ2v) is 7.49. The Morgan fingerprint density at radius 1 is 1.18 bits per heavy atom. The van der Waals surface area contributed by atoms with Crippen LogP contribution in [0.4, 0.5) is 0 Å². The number of aryl methyl sites for hydroxylation is 3. The van der Waals surface area contributed by atoms with Crippen molar-refractivity contribution in [1.29, 1.82) is 0 Å². The highest BCUT2D eigenvalue weighted by molar-refractivity contribution is 5.79. The van der Waals surface area contributed by atoms with Crippen molar-refractivity contribution in [3.63, 3.8) is 0 Å². The van der Waals surface area contributed by atoms with Gasteiger partial charge in [-0.1, -0.05) is 24.2 Å². The molecule has 2 rings (SSSR count). The first-order chi connectivity index (χ1) is 13.3. The maximum absolute atomic E-state index is 5.96. The third kappa shape index (κ3) is 6.01. The van der Waals surface area contributed by atoms with Crippen LogP contribution in [0.2, 0.25) is 0 Å². The Morgan fingerprint density at radius 3 is 2.54 bits per heavy atom. The van der Waals surface area contributed by atoms with Crippen LogP contribution in [0.3, 0.4) is 0 Å². The fraction of sp³-hybridized carbons (Fsp3) is 0.545. The number of guanidine groups is 1. The van der Waals surface area contributed by atoms with E-state index < -0.39 is 0 Å². The molecule has 0 saturated heterocycles. The largest absolute Gasteiger partial charge is 0.491 e. The summed E-state index contributed by atoms with van der Waals surface area (Å²) in [4.78, 5) is 4.75. The predicted molar refractivity (Wildman–Crippen MR) is 114 cm³/mol. The van der Waals surface area contributed by atoms with Gasteiger partial charge in [-0.15, -0.1) is 0 Å². The standard InChI is InChI=1S/C22H34N4O2/c1-8-23-22(24-12-16(5)21-17(6)26-28-18(21)7)25-13-19-10-9-15(4)11-20(19)27-14(2)3/h9-11,14,16H,8,12-13H2,1-7H3,(H2,23,24,25). The van der Waals surface area contributed by atoms with E-state index in [4.69, 9.17) is 14.3 Å². The lowest BCUT2D eigenvalue weighted by Crippen LogP contribution is -2.39. The molecule has 0 saturated carbocycles. The predicted octanol–water partition coefficient (Wildman–Crippen LogP) is 4.25. The van der Waals surface area contributed by atoms with E-state index in [0.29, 0.717) is 6.54 Å². The number of hydrogen-bond acceptors (Lipinski definition) is 4. The van der Waals surface area contributed by atoms with Crippen molar-refractivity contribution >= 4 is 5.96 Å². The fourth-order valence-electron chi connectivity index (χ4n) is 3.21. The molecule has 0 aliphatic carbocycles. The highest BCUT2D eigenvalue weighted by Gasteiger charge is 2.16. The summed E-state index contributed by atoms with van der Waals surface area (Å²) in [6, 6.07) is 6.26. The molecule has 154 valence electrons. The second-order valence-electron chi connectivity index (χ2n) is 7.49. The molecule has 2 N–H and O–H groups in total. The monoisotopic (exact) mass is 386 g/mol. The number of nitrogens with zero attached hydrogens (tertiary/aromatic N) is 2. The zero-order valence-electron chi connectivity index (χ0n) is 18.2. The minimum absolute atomic E-state index is 0.131. The minimum Gasteiger partial charge on any atom is -0.491 e. The zero-order chi connectivity index (χ0) is 20.7. The fourth-order valence-corrected chi connectivity index (χ4v) is 3.21. The SMILES string of the molecule is CCNC(=NCc1ccc(C)cc1OC(C)C)NCC(C)c1c(C)noc1C. The van der Waals surface area contributed by atoms with Crippen molar-refractivity contribution in [3.8, 4) is 5.75 Å². The first kappa shape index (κ1) is 21.8. The molecule has 0 amide bonds. The van der Waals surface area contributed by atoms with Gasteiger partial charge in [0.2, 0.25) is 0 Å². The zero-order valence-corrected chi connectivity index (χ0v) is 18.2. The molecular weight excluding hydrogens is 352 g/mol. The van der Waals surface area contributed by atoms with E-state index in [0.717, 1.165) is 47.4 Å². The molecule has 1 heterocycles. The number of aromatic nitrogens is 1. The van der Waals surface area contributed by atoms with E-state index in [2.05, 4.69) is 54.8 Å². The highest BCUT2D eigenvalue weighted by Crippen LogP contribution is 2.23. The van der Waals surface area contributed by atoms with Gasteiger partial charge >= 0.3 is 0 Å². The van der Waals surface area contributed by atoms with Crippen LogP contribution in [0.15, 0.2) is 27.7 Å². The summed E-state index contributed by atoms with van der Waals surface area (Å²) in [6.45, 7) is 16.4. The number of rotatable bonds is 8. The summed E-state index contributed by atoms with van der Waals surface area (Å²) in [5.74, 6) is 2.84. The molecule has 2 aromatic rings. The number of aliphatic imine (C=N–C) groups is 1. The van der Waals surface area contributed by atoms with E-state index in [1.807, 2.05) is 27.7 Å². The van der Waals surface area contributed by atoms with E-state index in [-0.39, 0.29) is 12.0 Å². The molecule has 1 aromatic carbocycles. The van der Waals surface area contributed by atoms with Crippen molar-refractivity contribution in [2.45, 2.75) is 67.0 Å². The average molecular weight is 387 g/mol. The molecule has 0 aliphatic rings. The van der Waals surface area contributed by atoms with Crippen LogP contribution in [0.5, 0.6) is 5.75 Å². The normalized spacial score (nSPS) is 12.9. The van der Waals surface area contributed by atoms with Crippen LogP contribution in [0.25, 0.3) is 0 Å². The first-order valence-corrected chi connectivity index (χ1v) is 10.0. The van der Waals surface area contributed by atoms with Gasteiger partial charge in [-0.3, -0.25) is 0 Å². The van der Waals surface area contributed by atoms with Crippen molar-refractivity contribution < 1.29 is 9.26 Å². The van der Waals surface area contributed by atoms with Gasteiger partial charge in [0.05, 0.1) is 18.3 Å². The molecule has 6 nitrogen and oxygen atoms in total. The van der Waals surface area contributed by atoms with Crippen LogP contribution >= 0.6 is 0 Å². The van der Waals surface area contributed by atoms with E-state index in [1.54, 1.807) is 0 Å². The molecule has 1 atom stereocenters. The lowest BCUT2D eigenvalue weighted by molar-refractivity contribution is 0.240. The summed E-state index contributed by atoms with van der Waals surface area (Å²) >= 11 is 0. The van der Waals surface area contributed by atoms with Crippen molar-refractivity contribution in [2.24, 2.45) is 4.99 Å². The van der Waals surface area contributed by atoms with Gasteiger partial charge in [0.1, 0.15) is 11.5 Å². The summed E-state index contributed by atoms with van der Waals surface area (Å²) in [5.41, 5.74) is 4.37. The Bertz CT molecular complexity index is 776. The van der Waals surface area contributed by atoms with Crippen LogP contribution in [-0.4, -0.2) is 30.3 Å². The summed E-state index contributed by atoms with van der Waals surface area (Å²) in [6.07, 6.45) is 0.131. The lowest BCUT2D eigenvalue weighted by atomic mass is 10.00. The van der Waals surface area contributed by atoms with Gasteiger partial charge in [0.15, 0.2) is 5.96 Å². The molecule has 0 radical (unpaired) electrons. The molecule has 28 heavy (non-hydrogen) atoms. The van der Waals surface area contributed by atoms with Gasteiger partial charge in [-0.05, 0) is 53.2 Å². The van der Waals surface area contributed by atoms with Gasteiger partial charge in [0.25, 0.3) is 0 Å². The second kappa shape index (κ2) is 10.2. The van der Waals surface area contributed by atoms with Crippen molar-refractivity contribution in [1.82, 2.24) is 15.8 Å². The maximum Gasteiger partial charge on any atom is 0.191 e. The van der Waals surface area contributed by atoms with Gasteiger partial charge in [-0.25, -0.2) is 4.99 Å². The molecular formula is C22H34N4O2. The Balaban J connectivity index is 2.08. The molecule has 6 heteroatoms. The summed E-state index contributed by atoms with van der Waals surface area (Å²) < 4.78 is 11.3. The summed E-state index contributed by atoms with van der Waals surface area (Å²) in [5, 5.41) is 10.8. The van der Waals surface area contributed by atoms with Crippen LogP contribution in [0.1, 0.15) is 61.8 Å². The highest BCUT2D eigenvalue weighted by atomic mass is 16.5. The average Bonchev–Trinajstić information content (AvgIpc) is 2.96. The lowest BCUT2D eigenvalue weighted by Gasteiger charge is -2.17. The quantitative estimate of drug-likeness (QED) is 0.524.